The maximum atomic E-state index is 14.2. The molecule has 0 saturated carbocycles. The minimum atomic E-state index is -1.82. The van der Waals surface area contributed by atoms with Crippen molar-refractivity contribution in [1.82, 2.24) is 10.2 Å². The summed E-state index contributed by atoms with van der Waals surface area (Å²) in [6.07, 6.45) is 3.89. The molecule has 54 heavy (non-hydrogen) atoms. The molecule has 16 heteroatoms. The van der Waals surface area contributed by atoms with Crippen LogP contribution in [0.15, 0.2) is 35.9 Å². The number of fused-ring (bicyclic) bond motifs is 5. The van der Waals surface area contributed by atoms with Gasteiger partial charge in [-0.1, -0.05) is 70.8 Å². The molecular weight excluding hydrogens is 758 g/mol. The van der Waals surface area contributed by atoms with Crippen LogP contribution >= 0.6 is 33.2 Å². The highest BCUT2D eigenvalue weighted by atomic mass is 35.5. The standard InChI is InChI=1S/C38H54ClN3O10S2/c1-21-12-11-13-29(49-9)38(47)20-28(50-36(46)40-38)23(3)34-37(5,52-34)30(51-35(45)24(4)41(6)31(43)15-14-22(2)54-53-10)19-32(44)42(7)26-17-25(16-21)18-27(48-8)33(26)39/h11-13,17-18,22-24,28-30,34,47H,14-16,19-20H2,1-10H3,(H,40,46)/b13-11+,21-12+/t22?,23?,24-,28?,29?,30?,34?,37?,38?/m0/s1. The van der Waals surface area contributed by atoms with E-state index in [9.17, 15) is 24.3 Å². The molecular formula is C38H54ClN3O10S2. The minimum Gasteiger partial charge on any atom is -0.495 e. The maximum absolute atomic E-state index is 14.2. The zero-order valence-electron chi connectivity index (χ0n) is 32.7. The lowest BCUT2D eigenvalue weighted by Gasteiger charge is -2.42. The molecule has 8 unspecified atom stereocenters. The Morgan fingerprint density at radius 3 is 2.59 bits per heavy atom. The Morgan fingerprint density at radius 2 is 1.94 bits per heavy atom. The predicted molar refractivity (Wildman–Crippen MR) is 211 cm³/mol. The summed E-state index contributed by atoms with van der Waals surface area (Å²) in [6, 6.07) is 2.63. The number of hydrogen-bond acceptors (Lipinski definition) is 12. The number of allylic oxidation sites excluding steroid dienone is 3. The number of hydrogen-bond donors (Lipinski definition) is 2. The topological polar surface area (TPSA) is 156 Å². The Hall–Kier alpha value is -2.95. The highest BCUT2D eigenvalue weighted by Gasteiger charge is 2.64. The molecule has 0 aromatic heterocycles. The molecule has 2 fully saturated rings. The van der Waals surface area contributed by atoms with Crippen LogP contribution in [0.3, 0.4) is 0 Å². The summed E-state index contributed by atoms with van der Waals surface area (Å²) in [6.45, 7) is 9.09. The van der Waals surface area contributed by atoms with Crippen molar-refractivity contribution < 1.29 is 48.0 Å². The van der Waals surface area contributed by atoms with Crippen molar-refractivity contribution in [2.75, 3.05) is 39.5 Å². The maximum Gasteiger partial charge on any atom is 0.409 e. The van der Waals surface area contributed by atoms with Gasteiger partial charge in [-0.3, -0.25) is 14.9 Å². The molecule has 300 valence electrons. The van der Waals surface area contributed by atoms with Crippen LogP contribution in [0.5, 0.6) is 5.75 Å². The molecule has 4 rings (SSSR count). The number of aliphatic hydroxyl groups is 1. The molecule has 2 N–H and O–H groups in total. The van der Waals surface area contributed by atoms with Gasteiger partial charge in [-0.25, -0.2) is 9.59 Å². The largest absolute Gasteiger partial charge is 0.495 e. The van der Waals surface area contributed by atoms with E-state index in [1.807, 2.05) is 33.1 Å². The highest BCUT2D eigenvalue weighted by Crippen LogP contribution is 2.49. The Morgan fingerprint density at radius 1 is 1.24 bits per heavy atom. The molecule has 0 radical (unpaired) electrons. The average molecular weight is 812 g/mol. The number of alkyl carbamates (subject to hydrolysis) is 1. The first-order valence-corrected chi connectivity index (χ1v) is 20.9. The van der Waals surface area contributed by atoms with Crippen LogP contribution in [0.1, 0.15) is 65.9 Å². The van der Waals surface area contributed by atoms with Crippen molar-refractivity contribution in [1.29, 1.82) is 0 Å². The molecule has 0 aliphatic carbocycles. The molecule has 9 atom stereocenters. The van der Waals surface area contributed by atoms with Gasteiger partial charge < -0.3 is 38.6 Å². The van der Waals surface area contributed by atoms with Crippen molar-refractivity contribution in [3.05, 3.63) is 46.5 Å². The second kappa shape index (κ2) is 18.3. The lowest BCUT2D eigenvalue weighted by atomic mass is 9.83. The third-order valence-electron chi connectivity index (χ3n) is 10.5. The molecule has 2 saturated heterocycles. The summed E-state index contributed by atoms with van der Waals surface area (Å²) >= 11 is 6.77. The van der Waals surface area contributed by atoms with E-state index < -0.39 is 65.7 Å². The van der Waals surface area contributed by atoms with E-state index in [1.54, 1.807) is 73.8 Å². The number of esters is 1. The zero-order valence-corrected chi connectivity index (χ0v) is 35.1. The second-order valence-corrected chi connectivity index (χ2v) is 17.8. The number of nitrogens with zero attached hydrogens (tertiary/aromatic N) is 2. The molecule has 3 aliphatic heterocycles. The Kier molecular flexibility index (Phi) is 14.9. The Bertz CT molecular complexity index is 1630. The number of likely N-dealkylation sites (N-methyl/N-ethyl adjacent to an activating group) is 1. The van der Waals surface area contributed by atoms with Crippen LogP contribution in [0.2, 0.25) is 5.02 Å². The fourth-order valence-electron chi connectivity index (χ4n) is 6.93. The molecule has 3 aliphatic rings. The number of amides is 3. The molecule has 4 bridgehead atoms. The van der Waals surface area contributed by atoms with Gasteiger partial charge in [0.2, 0.25) is 11.8 Å². The van der Waals surface area contributed by atoms with Crippen molar-refractivity contribution in [2.45, 2.75) is 114 Å². The van der Waals surface area contributed by atoms with Gasteiger partial charge in [-0.05, 0) is 57.6 Å². The van der Waals surface area contributed by atoms with E-state index in [0.29, 0.717) is 24.3 Å². The first-order valence-electron chi connectivity index (χ1n) is 17.9. The minimum absolute atomic E-state index is 0.0460. The van der Waals surface area contributed by atoms with E-state index in [-0.39, 0.29) is 35.4 Å². The summed E-state index contributed by atoms with van der Waals surface area (Å²) in [7, 11) is 9.38. The van der Waals surface area contributed by atoms with E-state index in [0.717, 1.165) is 11.1 Å². The van der Waals surface area contributed by atoms with Gasteiger partial charge in [0.05, 0.1) is 25.3 Å². The van der Waals surface area contributed by atoms with Crippen LogP contribution in [0, 0.1) is 5.92 Å². The smallest absolute Gasteiger partial charge is 0.409 e. The molecule has 1 aromatic rings. The van der Waals surface area contributed by atoms with Crippen LogP contribution in [-0.2, 0) is 39.8 Å². The summed E-state index contributed by atoms with van der Waals surface area (Å²) in [5, 5.41) is 14.8. The summed E-state index contributed by atoms with van der Waals surface area (Å²) in [4.78, 5) is 56.7. The molecule has 3 heterocycles. The fraction of sp³-hybridized carbons (Fsp3) is 0.632. The summed E-state index contributed by atoms with van der Waals surface area (Å²) in [5.74, 6) is -1.48. The number of anilines is 1. The Labute approximate surface area is 331 Å². The third-order valence-corrected chi connectivity index (χ3v) is 13.2. The summed E-state index contributed by atoms with van der Waals surface area (Å²) in [5.41, 5.74) is -0.890. The van der Waals surface area contributed by atoms with E-state index in [1.165, 1.54) is 24.0 Å². The lowest BCUT2D eigenvalue weighted by molar-refractivity contribution is -0.162. The number of epoxide rings is 1. The molecule has 0 spiro atoms. The zero-order chi connectivity index (χ0) is 40.1. The average Bonchev–Trinajstić information content (AvgIpc) is 3.82. The van der Waals surface area contributed by atoms with Crippen LogP contribution < -0.4 is 15.0 Å². The quantitative estimate of drug-likeness (QED) is 0.169. The van der Waals surface area contributed by atoms with Crippen LogP contribution in [-0.4, -0.2) is 115 Å². The monoisotopic (exact) mass is 811 g/mol. The number of benzene rings is 1. The molecule has 13 nitrogen and oxygen atoms in total. The Balaban J connectivity index is 1.72. The summed E-state index contributed by atoms with van der Waals surface area (Å²) < 4.78 is 29.3. The number of ether oxygens (including phenoxy) is 5. The number of carbonyl (C=O) groups excluding carboxylic acids is 4. The van der Waals surface area contributed by atoms with Gasteiger partial charge in [0.25, 0.3) is 0 Å². The van der Waals surface area contributed by atoms with Crippen molar-refractivity contribution >= 4 is 62.8 Å². The van der Waals surface area contributed by atoms with Gasteiger partial charge in [0.15, 0.2) is 5.72 Å². The normalized spacial score (nSPS) is 31.4. The van der Waals surface area contributed by atoms with Gasteiger partial charge in [-0.15, -0.1) is 0 Å². The number of carbonyl (C=O) groups is 4. The number of halogens is 1. The van der Waals surface area contributed by atoms with Gasteiger partial charge in [0, 0.05) is 45.2 Å². The van der Waals surface area contributed by atoms with Crippen LogP contribution in [0.4, 0.5) is 10.5 Å². The third kappa shape index (κ3) is 10.1. The number of methoxy groups -OCH3 is 2. The second-order valence-electron chi connectivity index (χ2n) is 14.5. The molecule has 1 aromatic carbocycles. The van der Waals surface area contributed by atoms with Crippen molar-refractivity contribution in [2.24, 2.45) is 5.92 Å². The SMILES string of the molecule is COc1cc2cc(c1Cl)N(C)C(=O)CC(OC(=O)[C@H](C)N(C)C(=O)CCC(C)SSC)C1(C)OC1C(C)C1CC(O)(NC(=O)O1)C(OC)/C=C/C=C(\C)C2. The lowest BCUT2D eigenvalue weighted by Crippen LogP contribution is -2.63. The van der Waals surface area contributed by atoms with Crippen molar-refractivity contribution in [3.8, 4) is 5.75 Å². The highest BCUT2D eigenvalue weighted by molar-refractivity contribution is 8.76. The van der Waals surface area contributed by atoms with E-state index >= 15 is 0 Å². The van der Waals surface area contributed by atoms with Gasteiger partial charge >= 0.3 is 12.1 Å². The van der Waals surface area contributed by atoms with Gasteiger partial charge in [0.1, 0.15) is 40.7 Å². The number of rotatable bonds is 10. The first-order chi connectivity index (χ1) is 25.4. The van der Waals surface area contributed by atoms with Gasteiger partial charge in [-0.2, -0.15) is 0 Å². The van der Waals surface area contributed by atoms with Crippen molar-refractivity contribution in [3.63, 3.8) is 0 Å². The van der Waals surface area contributed by atoms with E-state index in [2.05, 4.69) is 5.32 Å². The van der Waals surface area contributed by atoms with E-state index in [4.69, 9.17) is 35.3 Å². The van der Waals surface area contributed by atoms with Crippen LogP contribution in [0.25, 0.3) is 0 Å². The fourth-order valence-corrected chi connectivity index (χ4v) is 9.06. The first kappa shape index (κ1) is 43.8. The number of nitrogens with one attached hydrogen (secondary N) is 1. The molecule has 3 amide bonds. The predicted octanol–water partition coefficient (Wildman–Crippen LogP) is 5.69.